The monoisotopic (exact) mass is 354 g/mol. The number of rotatable bonds is 4. The van der Waals surface area contributed by atoms with Crippen molar-refractivity contribution in [2.75, 3.05) is 0 Å². The number of nitrogens with two attached hydrogens (primary N) is 1. The number of nitrogens with one attached hydrogen (secondary N) is 1. The second-order valence-electron chi connectivity index (χ2n) is 5.67. The van der Waals surface area contributed by atoms with Gasteiger partial charge < -0.3 is 5.73 Å². The third-order valence-corrected chi connectivity index (χ3v) is 4.77. The molecule has 6 nitrogen and oxygen atoms in total. The van der Waals surface area contributed by atoms with Crippen molar-refractivity contribution in [2.24, 2.45) is 5.73 Å². The van der Waals surface area contributed by atoms with E-state index in [2.05, 4.69) is 10.3 Å². The lowest BCUT2D eigenvalue weighted by Crippen LogP contribution is -2.39. The number of urea groups is 1. The highest BCUT2D eigenvalue weighted by molar-refractivity contribution is 8.00. The highest BCUT2D eigenvalue weighted by Crippen LogP contribution is 2.30. The molecule has 0 aliphatic heterocycles. The van der Waals surface area contributed by atoms with Crippen LogP contribution in [0.1, 0.15) is 12.5 Å². The molecule has 3 N–H and O–H groups in total. The van der Waals surface area contributed by atoms with E-state index < -0.39 is 17.2 Å². The summed E-state index contributed by atoms with van der Waals surface area (Å²) in [6, 6.07) is 15.0. The molecular formula is C18H18N4O2S. The SMILES string of the molecule is Cc1ccc(-n2c(S[C@H](C)C(=O)NC(N)=O)nc3ccccc32)cc1. The van der Waals surface area contributed by atoms with Gasteiger partial charge in [-0.15, -0.1) is 0 Å². The average Bonchev–Trinajstić information content (AvgIpc) is 2.93. The predicted molar refractivity (Wildman–Crippen MR) is 98.9 cm³/mol. The van der Waals surface area contributed by atoms with E-state index in [4.69, 9.17) is 5.73 Å². The quantitative estimate of drug-likeness (QED) is 0.705. The minimum atomic E-state index is -0.857. The number of amides is 3. The van der Waals surface area contributed by atoms with Gasteiger partial charge in [0.05, 0.1) is 16.3 Å². The van der Waals surface area contributed by atoms with E-state index in [9.17, 15) is 9.59 Å². The molecule has 0 fully saturated rings. The molecule has 3 rings (SSSR count). The Morgan fingerprint density at radius 3 is 2.52 bits per heavy atom. The maximum atomic E-state index is 12.0. The third-order valence-electron chi connectivity index (χ3n) is 3.72. The van der Waals surface area contributed by atoms with Gasteiger partial charge in [0.2, 0.25) is 5.91 Å². The number of carbonyl (C=O) groups is 2. The lowest BCUT2D eigenvalue weighted by molar-refractivity contribution is -0.119. The van der Waals surface area contributed by atoms with Crippen molar-refractivity contribution in [3.8, 4) is 5.69 Å². The van der Waals surface area contributed by atoms with Crippen LogP contribution >= 0.6 is 11.8 Å². The number of aryl methyl sites for hydroxylation is 1. The second kappa shape index (κ2) is 6.98. The number of imidazole rings is 1. The average molecular weight is 354 g/mol. The summed E-state index contributed by atoms with van der Waals surface area (Å²) >= 11 is 1.28. The number of para-hydroxylation sites is 2. The largest absolute Gasteiger partial charge is 0.351 e. The fourth-order valence-electron chi connectivity index (χ4n) is 2.46. The number of aromatic nitrogens is 2. The number of carbonyl (C=O) groups excluding carboxylic acids is 2. The summed E-state index contributed by atoms with van der Waals surface area (Å²) in [5.74, 6) is -0.444. The van der Waals surface area contributed by atoms with Crippen molar-refractivity contribution in [2.45, 2.75) is 24.3 Å². The molecular weight excluding hydrogens is 336 g/mol. The molecule has 128 valence electrons. The molecule has 25 heavy (non-hydrogen) atoms. The van der Waals surface area contributed by atoms with Gasteiger partial charge in [0.25, 0.3) is 0 Å². The molecule has 7 heteroatoms. The number of benzene rings is 2. The zero-order chi connectivity index (χ0) is 18.0. The highest BCUT2D eigenvalue weighted by atomic mass is 32.2. The Hall–Kier alpha value is -2.80. The molecule has 0 radical (unpaired) electrons. The number of imide groups is 1. The topological polar surface area (TPSA) is 90.0 Å². The summed E-state index contributed by atoms with van der Waals surface area (Å²) in [5.41, 5.74) is 8.94. The molecule has 0 saturated heterocycles. The molecule has 1 atom stereocenters. The Balaban J connectivity index is 2.02. The summed E-state index contributed by atoms with van der Waals surface area (Å²) in [4.78, 5) is 27.5. The Kier molecular flexibility index (Phi) is 4.76. The fourth-order valence-corrected chi connectivity index (χ4v) is 3.40. The Labute approximate surface area is 149 Å². The standard InChI is InChI=1S/C18H18N4O2S/c1-11-7-9-13(10-8-11)22-15-6-4-3-5-14(15)20-18(22)25-12(2)16(23)21-17(19)24/h3-10,12H,1-2H3,(H3,19,21,23,24)/t12-/m1/s1. The van der Waals surface area contributed by atoms with Gasteiger partial charge in [0, 0.05) is 5.69 Å². The van der Waals surface area contributed by atoms with Crippen molar-refractivity contribution < 1.29 is 9.59 Å². The van der Waals surface area contributed by atoms with Crippen molar-refractivity contribution in [3.05, 3.63) is 54.1 Å². The van der Waals surface area contributed by atoms with Crippen molar-refractivity contribution in [1.29, 1.82) is 0 Å². The van der Waals surface area contributed by atoms with Gasteiger partial charge in [0.15, 0.2) is 5.16 Å². The normalized spacial score (nSPS) is 12.1. The number of fused-ring (bicyclic) bond motifs is 1. The first-order chi connectivity index (χ1) is 12.0. The first-order valence-corrected chi connectivity index (χ1v) is 8.65. The van der Waals surface area contributed by atoms with E-state index in [1.807, 2.05) is 60.0 Å². The second-order valence-corrected chi connectivity index (χ2v) is 6.98. The van der Waals surface area contributed by atoms with Crippen molar-refractivity contribution in [3.63, 3.8) is 0 Å². The number of nitrogens with zero attached hydrogens (tertiary/aromatic N) is 2. The van der Waals surface area contributed by atoms with Gasteiger partial charge in [-0.1, -0.05) is 41.6 Å². The Morgan fingerprint density at radius 1 is 1.16 bits per heavy atom. The summed E-state index contributed by atoms with van der Waals surface area (Å²) in [6.07, 6.45) is 0. The van der Waals surface area contributed by atoms with Crippen LogP contribution in [0.5, 0.6) is 0 Å². The van der Waals surface area contributed by atoms with Crippen LogP contribution in [0, 0.1) is 6.92 Å². The molecule has 0 saturated carbocycles. The molecule has 3 amide bonds. The minimum absolute atomic E-state index is 0.444. The van der Waals surface area contributed by atoms with Gasteiger partial charge in [-0.3, -0.25) is 14.7 Å². The van der Waals surface area contributed by atoms with Crippen LogP contribution in [-0.2, 0) is 4.79 Å². The van der Waals surface area contributed by atoms with Crippen LogP contribution in [0.3, 0.4) is 0 Å². The Morgan fingerprint density at radius 2 is 1.84 bits per heavy atom. The van der Waals surface area contributed by atoms with Gasteiger partial charge in [-0.05, 0) is 38.1 Å². The van der Waals surface area contributed by atoms with Crippen LogP contribution < -0.4 is 11.1 Å². The van der Waals surface area contributed by atoms with E-state index in [0.717, 1.165) is 22.3 Å². The smallest absolute Gasteiger partial charge is 0.318 e. The predicted octanol–water partition coefficient (Wildman–Crippen LogP) is 3.01. The molecule has 1 aromatic heterocycles. The van der Waals surface area contributed by atoms with Gasteiger partial charge in [0.1, 0.15) is 0 Å². The van der Waals surface area contributed by atoms with Gasteiger partial charge in [-0.25, -0.2) is 9.78 Å². The van der Waals surface area contributed by atoms with Gasteiger partial charge in [-0.2, -0.15) is 0 Å². The number of primary amides is 1. The summed E-state index contributed by atoms with van der Waals surface area (Å²) in [5, 5.41) is 2.26. The van der Waals surface area contributed by atoms with E-state index >= 15 is 0 Å². The van der Waals surface area contributed by atoms with Crippen LogP contribution in [0.4, 0.5) is 4.79 Å². The van der Waals surface area contributed by atoms with Crippen LogP contribution in [-0.4, -0.2) is 26.7 Å². The zero-order valence-corrected chi connectivity index (χ0v) is 14.7. The summed E-state index contributed by atoms with van der Waals surface area (Å²) < 4.78 is 2.01. The molecule has 2 aromatic carbocycles. The number of thioether (sulfide) groups is 1. The molecule has 0 bridgehead atoms. The first-order valence-electron chi connectivity index (χ1n) is 7.77. The maximum absolute atomic E-state index is 12.0. The molecule has 0 aliphatic carbocycles. The van der Waals surface area contributed by atoms with Crippen molar-refractivity contribution >= 4 is 34.7 Å². The lowest BCUT2D eigenvalue weighted by atomic mass is 10.2. The lowest BCUT2D eigenvalue weighted by Gasteiger charge is -2.12. The van der Waals surface area contributed by atoms with E-state index in [1.54, 1.807) is 6.92 Å². The minimum Gasteiger partial charge on any atom is -0.351 e. The van der Waals surface area contributed by atoms with Crippen LogP contribution in [0.25, 0.3) is 16.7 Å². The summed E-state index contributed by atoms with van der Waals surface area (Å²) in [7, 11) is 0. The first kappa shape index (κ1) is 17.0. The van der Waals surface area contributed by atoms with E-state index in [-0.39, 0.29) is 0 Å². The molecule has 1 heterocycles. The zero-order valence-electron chi connectivity index (χ0n) is 13.9. The molecule has 0 spiro atoms. The molecule has 0 aliphatic rings. The molecule has 3 aromatic rings. The van der Waals surface area contributed by atoms with Gasteiger partial charge >= 0.3 is 6.03 Å². The van der Waals surface area contributed by atoms with Crippen LogP contribution in [0.15, 0.2) is 53.7 Å². The summed E-state index contributed by atoms with van der Waals surface area (Å²) in [6.45, 7) is 3.74. The van der Waals surface area contributed by atoms with E-state index in [0.29, 0.717) is 5.16 Å². The van der Waals surface area contributed by atoms with Crippen LogP contribution in [0.2, 0.25) is 0 Å². The highest BCUT2D eigenvalue weighted by Gasteiger charge is 2.21. The maximum Gasteiger partial charge on any atom is 0.318 e. The molecule has 0 unspecified atom stereocenters. The van der Waals surface area contributed by atoms with E-state index in [1.165, 1.54) is 11.8 Å². The Bertz CT molecular complexity index is 934. The third kappa shape index (κ3) is 3.66. The van der Waals surface area contributed by atoms with Crippen molar-refractivity contribution in [1.82, 2.24) is 14.9 Å². The number of hydrogen-bond donors (Lipinski definition) is 2. The fraction of sp³-hybridized carbons (Fsp3) is 0.167. The number of hydrogen-bond acceptors (Lipinski definition) is 4.